The summed E-state index contributed by atoms with van der Waals surface area (Å²) < 4.78 is 5.19. The molecule has 0 aliphatic heterocycles. The van der Waals surface area contributed by atoms with Crippen molar-refractivity contribution < 1.29 is 4.74 Å². The second-order valence-electron chi connectivity index (χ2n) is 6.89. The van der Waals surface area contributed by atoms with E-state index in [1.54, 1.807) is 13.3 Å². The number of fused-ring (bicyclic) bond motifs is 1. The van der Waals surface area contributed by atoms with Crippen LogP contribution in [0.1, 0.15) is 17.8 Å². The van der Waals surface area contributed by atoms with Gasteiger partial charge in [-0.2, -0.15) is 5.10 Å². The molecule has 0 aliphatic rings. The van der Waals surface area contributed by atoms with Gasteiger partial charge in [0.05, 0.1) is 7.11 Å². The summed E-state index contributed by atoms with van der Waals surface area (Å²) in [6.07, 6.45) is 6.07. The average Bonchev–Trinajstić information content (AvgIpc) is 3.21. The topological polar surface area (TPSA) is 89.7 Å². The number of rotatable bonds is 7. The number of hydrogen-bond donors (Lipinski definition) is 2. The van der Waals surface area contributed by atoms with E-state index >= 15 is 0 Å². The highest BCUT2D eigenvalue weighted by Gasteiger charge is 2.10. The number of hydrogen-bond acceptors (Lipinski definition) is 5. The molecule has 0 amide bonds. The van der Waals surface area contributed by atoms with Gasteiger partial charge in [0, 0.05) is 35.8 Å². The quantitative estimate of drug-likeness (QED) is 0.517. The van der Waals surface area contributed by atoms with Crippen molar-refractivity contribution in [3.63, 3.8) is 0 Å². The summed E-state index contributed by atoms with van der Waals surface area (Å²) in [6.45, 7) is 0. The van der Waals surface area contributed by atoms with Crippen LogP contribution in [0, 0.1) is 0 Å². The molecular weight excluding hydrogens is 350 g/mol. The van der Waals surface area contributed by atoms with Crippen LogP contribution >= 0.6 is 0 Å². The van der Waals surface area contributed by atoms with Crippen LogP contribution in [0.3, 0.4) is 0 Å². The van der Waals surface area contributed by atoms with Gasteiger partial charge in [0.25, 0.3) is 0 Å². The normalized spacial score (nSPS) is 12.2. The van der Waals surface area contributed by atoms with Gasteiger partial charge in [0.2, 0.25) is 0 Å². The van der Waals surface area contributed by atoms with Gasteiger partial charge >= 0.3 is 0 Å². The number of methoxy groups -OCH3 is 1. The minimum absolute atomic E-state index is 0.0649. The number of benzene rings is 2. The van der Waals surface area contributed by atoms with Crippen LogP contribution < -0.4 is 10.5 Å². The maximum absolute atomic E-state index is 6.31. The van der Waals surface area contributed by atoms with Crippen LogP contribution in [0.4, 0.5) is 0 Å². The molecule has 0 fully saturated rings. The van der Waals surface area contributed by atoms with Gasteiger partial charge in [-0.25, -0.2) is 4.98 Å². The molecule has 0 aliphatic carbocycles. The second-order valence-corrected chi connectivity index (χ2v) is 6.89. The van der Waals surface area contributed by atoms with Crippen molar-refractivity contribution in [2.24, 2.45) is 5.73 Å². The van der Waals surface area contributed by atoms with Gasteiger partial charge in [0.15, 0.2) is 5.82 Å². The Bertz CT molecular complexity index is 1060. The summed E-state index contributed by atoms with van der Waals surface area (Å²) in [7, 11) is 1.67. The van der Waals surface area contributed by atoms with Crippen molar-refractivity contribution in [2.75, 3.05) is 7.11 Å². The van der Waals surface area contributed by atoms with E-state index in [2.05, 4.69) is 38.4 Å². The maximum atomic E-state index is 6.31. The Morgan fingerprint density at radius 1 is 1.07 bits per heavy atom. The first kappa shape index (κ1) is 18.1. The first-order valence-corrected chi connectivity index (χ1v) is 9.35. The van der Waals surface area contributed by atoms with E-state index in [1.807, 2.05) is 36.5 Å². The third-order valence-electron chi connectivity index (χ3n) is 4.84. The maximum Gasteiger partial charge on any atom is 0.181 e. The van der Waals surface area contributed by atoms with Crippen LogP contribution in [0.15, 0.2) is 60.9 Å². The zero-order valence-electron chi connectivity index (χ0n) is 15.8. The molecule has 6 heteroatoms. The first-order valence-electron chi connectivity index (χ1n) is 9.35. The Morgan fingerprint density at radius 3 is 2.75 bits per heavy atom. The highest BCUT2D eigenvalue weighted by Crippen LogP contribution is 2.21. The molecule has 0 bridgehead atoms. The summed E-state index contributed by atoms with van der Waals surface area (Å²) in [5.74, 6) is 2.42. The lowest BCUT2D eigenvalue weighted by atomic mass is 10.0. The molecule has 28 heavy (non-hydrogen) atoms. The minimum atomic E-state index is 0.0649. The van der Waals surface area contributed by atoms with Crippen molar-refractivity contribution in [3.05, 3.63) is 72.3 Å². The Balaban J connectivity index is 1.37. The predicted molar refractivity (Wildman–Crippen MR) is 110 cm³/mol. The molecule has 4 rings (SSSR count). The van der Waals surface area contributed by atoms with Crippen molar-refractivity contribution in [1.82, 2.24) is 20.2 Å². The van der Waals surface area contributed by atoms with Crippen molar-refractivity contribution >= 4 is 10.8 Å². The van der Waals surface area contributed by atoms with E-state index in [1.165, 1.54) is 5.56 Å². The number of aryl methyl sites for hydroxylation is 1. The highest BCUT2D eigenvalue weighted by molar-refractivity contribution is 5.85. The number of nitrogens with one attached hydrogen (secondary N) is 1. The third-order valence-corrected chi connectivity index (χ3v) is 4.84. The predicted octanol–water partition coefficient (Wildman–Crippen LogP) is 3.53. The van der Waals surface area contributed by atoms with Crippen LogP contribution in [0.25, 0.3) is 22.2 Å². The summed E-state index contributed by atoms with van der Waals surface area (Å²) in [6, 6.07) is 16.2. The second kappa shape index (κ2) is 8.19. The lowest BCUT2D eigenvalue weighted by molar-refractivity contribution is 0.414. The monoisotopic (exact) mass is 373 g/mol. The first-order chi connectivity index (χ1) is 13.7. The van der Waals surface area contributed by atoms with E-state index in [0.29, 0.717) is 5.82 Å². The third kappa shape index (κ3) is 4.18. The molecule has 0 radical (unpaired) electrons. The minimum Gasteiger partial charge on any atom is -0.497 e. The molecule has 0 spiro atoms. The van der Waals surface area contributed by atoms with Gasteiger partial charge < -0.3 is 10.5 Å². The van der Waals surface area contributed by atoms with Gasteiger partial charge in [-0.1, -0.05) is 24.3 Å². The molecule has 0 unspecified atom stereocenters. The van der Waals surface area contributed by atoms with Gasteiger partial charge in [0.1, 0.15) is 11.6 Å². The summed E-state index contributed by atoms with van der Waals surface area (Å²) >= 11 is 0. The van der Waals surface area contributed by atoms with Crippen LogP contribution in [-0.4, -0.2) is 33.3 Å². The van der Waals surface area contributed by atoms with E-state index in [9.17, 15) is 0 Å². The number of aromatic nitrogens is 4. The molecule has 2 aromatic carbocycles. The fourth-order valence-electron chi connectivity index (χ4n) is 3.25. The highest BCUT2D eigenvalue weighted by atomic mass is 16.5. The zero-order chi connectivity index (χ0) is 19.3. The van der Waals surface area contributed by atoms with Crippen molar-refractivity contribution in [3.8, 4) is 17.1 Å². The number of aromatic amines is 1. The van der Waals surface area contributed by atoms with Gasteiger partial charge in [-0.05, 0) is 48.1 Å². The largest absolute Gasteiger partial charge is 0.497 e. The molecule has 0 saturated carbocycles. The molecule has 3 N–H and O–H groups in total. The van der Waals surface area contributed by atoms with Gasteiger partial charge in [-0.15, -0.1) is 0 Å². The van der Waals surface area contributed by atoms with Gasteiger partial charge in [-0.3, -0.25) is 10.1 Å². The van der Waals surface area contributed by atoms with Crippen LogP contribution in [-0.2, 0) is 12.8 Å². The number of pyridine rings is 1. The molecule has 2 aromatic heterocycles. The standard InChI is InChI=1S/C22H23N5O/c1-28-20-7-2-15(3-8-20)12-19(23)6-9-21-25-22(27-26-21)17-4-5-18-14-24-11-10-16(18)13-17/h2-5,7-8,10-11,13-14,19H,6,9,12,23H2,1H3,(H,25,26,27)/t19-/m1/s1. The SMILES string of the molecule is COc1ccc(C[C@H](N)CCc2nc(-c3ccc4cnccc4c3)n[nH]2)cc1. The summed E-state index contributed by atoms with van der Waals surface area (Å²) in [5.41, 5.74) is 8.50. The summed E-state index contributed by atoms with van der Waals surface area (Å²) in [4.78, 5) is 8.78. The van der Waals surface area contributed by atoms with Crippen molar-refractivity contribution in [2.45, 2.75) is 25.3 Å². The molecular formula is C22H23N5O. The van der Waals surface area contributed by atoms with Crippen LogP contribution in [0.5, 0.6) is 5.75 Å². The van der Waals surface area contributed by atoms with E-state index in [0.717, 1.165) is 47.2 Å². The summed E-state index contributed by atoms with van der Waals surface area (Å²) in [5, 5.41) is 9.64. The Kier molecular flexibility index (Phi) is 5.30. The Labute approximate surface area is 163 Å². The Hall–Kier alpha value is -3.25. The molecule has 1 atom stereocenters. The molecule has 0 saturated heterocycles. The number of nitrogens with two attached hydrogens (primary N) is 1. The zero-order valence-corrected chi connectivity index (χ0v) is 15.8. The van der Waals surface area contributed by atoms with E-state index < -0.39 is 0 Å². The smallest absolute Gasteiger partial charge is 0.181 e. The molecule has 6 nitrogen and oxygen atoms in total. The number of nitrogens with zero attached hydrogens (tertiary/aromatic N) is 3. The lowest BCUT2D eigenvalue weighted by Gasteiger charge is -2.11. The molecule has 142 valence electrons. The molecule has 4 aromatic rings. The Morgan fingerprint density at radius 2 is 1.93 bits per heavy atom. The fraction of sp³-hybridized carbons (Fsp3) is 0.227. The van der Waals surface area contributed by atoms with E-state index in [4.69, 9.17) is 10.5 Å². The van der Waals surface area contributed by atoms with E-state index in [-0.39, 0.29) is 6.04 Å². The fourth-order valence-corrected chi connectivity index (χ4v) is 3.25. The molecule has 2 heterocycles. The number of H-pyrrole nitrogens is 1. The average molecular weight is 373 g/mol. The number of ether oxygens (including phenoxy) is 1. The van der Waals surface area contributed by atoms with Crippen molar-refractivity contribution in [1.29, 1.82) is 0 Å². The lowest BCUT2D eigenvalue weighted by Crippen LogP contribution is -2.23. The van der Waals surface area contributed by atoms with Crippen LogP contribution in [0.2, 0.25) is 0 Å².